The summed E-state index contributed by atoms with van der Waals surface area (Å²) in [6, 6.07) is 4.13. The molecule has 1 saturated carbocycles. The van der Waals surface area contributed by atoms with Gasteiger partial charge in [-0.3, -0.25) is 4.79 Å². The van der Waals surface area contributed by atoms with Gasteiger partial charge in [-0.2, -0.15) is 0 Å². The fourth-order valence-corrected chi connectivity index (χ4v) is 3.43. The lowest BCUT2D eigenvalue weighted by atomic mass is 10.0. The van der Waals surface area contributed by atoms with Gasteiger partial charge in [0.2, 0.25) is 0 Å². The summed E-state index contributed by atoms with van der Waals surface area (Å²) < 4.78 is 49.8. The smallest absolute Gasteiger partial charge is 0.281 e. The number of oxazole rings is 1. The molecule has 2 N–H and O–H groups in total. The average Bonchev–Trinajstić information content (AvgIpc) is 3.33. The Morgan fingerprint density at radius 1 is 1.04 bits per heavy atom. The highest BCUT2D eigenvalue weighted by Crippen LogP contribution is 2.39. The number of benzene rings is 2. The Hall–Kier alpha value is -3.29. The van der Waals surface area contributed by atoms with Crippen LogP contribution in [-0.4, -0.2) is 9.55 Å². The number of hydrogen-bond acceptors (Lipinski definition) is 4. The monoisotopic (exact) mass is 371 g/mol. The van der Waals surface area contributed by atoms with E-state index in [9.17, 15) is 18.0 Å². The van der Waals surface area contributed by atoms with Gasteiger partial charge in [-0.1, -0.05) is 0 Å². The van der Waals surface area contributed by atoms with Crippen LogP contribution in [0.1, 0.15) is 18.9 Å². The molecule has 0 saturated heterocycles. The third kappa shape index (κ3) is 2.26. The van der Waals surface area contributed by atoms with Gasteiger partial charge in [-0.15, -0.1) is 0 Å². The molecule has 5 rings (SSSR count). The summed E-state index contributed by atoms with van der Waals surface area (Å²) in [5, 5.41) is 0.353. The van der Waals surface area contributed by atoms with Crippen LogP contribution in [0.3, 0.4) is 0 Å². The van der Waals surface area contributed by atoms with Crippen molar-refractivity contribution in [3.8, 4) is 11.1 Å². The summed E-state index contributed by atoms with van der Waals surface area (Å²) >= 11 is 0. The Morgan fingerprint density at radius 2 is 1.74 bits per heavy atom. The minimum atomic E-state index is -0.854. The topological polar surface area (TPSA) is 74.1 Å². The molecule has 0 amide bonds. The lowest BCUT2D eigenvalue weighted by Crippen LogP contribution is -2.20. The molecule has 0 radical (unpaired) electrons. The van der Waals surface area contributed by atoms with Gasteiger partial charge >= 0.3 is 0 Å². The van der Waals surface area contributed by atoms with Gasteiger partial charge < -0.3 is 14.7 Å². The lowest BCUT2D eigenvalue weighted by molar-refractivity contribution is 0.599. The van der Waals surface area contributed by atoms with Crippen LogP contribution in [0.5, 0.6) is 0 Å². The highest BCUT2D eigenvalue weighted by molar-refractivity contribution is 6.02. The van der Waals surface area contributed by atoms with E-state index in [1.165, 1.54) is 10.6 Å². The molecule has 0 aliphatic heterocycles. The van der Waals surface area contributed by atoms with Crippen LogP contribution >= 0.6 is 0 Å². The van der Waals surface area contributed by atoms with Gasteiger partial charge in [0.1, 0.15) is 17.5 Å². The van der Waals surface area contributed by atoms with E-state index in [4.69, 9.17) is 10.2 Å². The third-order valence-corrected chi connectivity index (χ3v) is 4.87. The summed E-state index contributed by atoms with van der Waals surface area (Å²) in [4.78, 5) is 16.7. The quantitative estimate of drug-likeness (QED) is 0.538. The number of hydrogen-bond donors (Lipinski definition) is 1. The maximum absolute atomic E-state index is 14.8. The molecule has 1 aliphatic carbocycles. The molecule has 4 aromatic rings. The largest absolute Gasteiger partial charge is 0.443 e. The number of anilines is 1. The number of nitrogen functional groups attached to an aromatic ring is 1. The summed E-state index contributed by atoms with van der Waals surface area (Å²) in [6.07, 6.45) is 2.73. The Balaban J connectivity index is 1.90. The van der Waals surface area contributed by atoms with Crippen LogP contribution in [0.15, 0.2) is 39.9 Å². The predicted octanol–water partition coefficient (Wildman–Crippen LogP) is 4.14. The molecule has 8 heteroatoms. The van der Waals surface area contributed by atoms with Crippen molar-refractivity contribution in [3.63, 3.8) is 0 Å². The van der Waals surface area contributed by atoms with E-state index in [0.717, 1.165) is 37.4 Å². The molecule has 27 heavy (non-hydrogen) atoms. The molecular formula is C19H12F3N3O2. The van der Waals surface area contributed by atoms with Crippen molar-refractivity contribution in [1.29, 1.82) is 0 Å². The molecule has 1 aliphatic rings. The first-order valence-corrected chi connectivity index (χ1v) is 8.31. The first-order chi connectivity index (χ1) is 13.0. The lowest BCUT2D eigenvalue weighted by Gasteiger charge is -2.13. The number of pyridine rings is 1. The van der Waals surface area contributed by atoms with E-state index in [2.05, 4.69) is 4.98 Å². The van der Waals surface area contributed by atoms with Crippen LogP contribution in [-0.2, 0) is 0 Å². The van der Waals surface area contributed by atoms with Crippen LogP contribution in [0.4, 0.5) is 18.9 Å². The van der Waals surface area contributed by atoms with Crippen LogP contribution in [0, 0.1) is 17.5 Å². The van der Waals surface area contributed by atoms with Crippen LogP contribution < -0.4 is 11.3 Å². The van der Waals surface area contributed by atoms with Crippen molar-refractivity contribution >= 4 is 27.7 Å². The van der Waals surface area contributed by atoms with Crippen molar-refractivity contribution in [2.45, 2.75) is 18.9 Å². The average molecular weight is 371 g/mol. The van der Waals surface area contributed by atoms with Gasteiger partial charge in [0.05, 0.1) is 11.2 Å². The second-order valence-corrected chi connectivity index (χ2v) is 6.64. The summed E-state index contributed by atoms with van der Waals surface area (Å²) in [5.74, 6) is -2.48. The Bertz CT molecular complexity index is 1310. The molecule has 0 unspecified atom stereocenters. The fourth-order valence-electron chi connectivity index (χ4n) is 3.43. The highest BCUT2D eigenvalue weighted by Gasteiger charge is 2.29. The predicted molar refractivity (Wildman–Crippen MR) is 93.8 cm³/mol. The second-order valence-electron chi connectivity index (χ2n) is 6.64. The molecule has 2 aromatic heterocycles. The Morgan fingerprint density at radius 3 is 2.48 bits per heavy atom. The minimum Gasteiger partial charge on any atom is -0.443 e. The van der Waals surface area contributed by atoms with Crippen molar-refractivity contribution in [3.05, 3.63) is 58.5 Å². The normalized spacial score (nSPS) is 14.3. The van der Waals surface area contributed by atoms with E-state index in [0.29, 0.717) is 10.9 Å². The zero-order valence-electron chi connectivity index (χ0n) is 13.8. The van der Waals surface area contributed by atoms with E-state index in [1.807, 2.05) is 0 Å². The number of aromatic nitrogens is 2. The van der Waals surface area contributed by atoms with Gasteiger partial charge in [0.15, 0.2) is 17.5 Å². The van der Waals surface area contributed by atoms with Gasteiger partial charge in [-0.25, -0.2) is 18.2 Å². The number of fused-ring (bicyclic) bond motifs is 3. The zero-order chi connectivity index (χ0) is 18.9. The van der Waals surface area contributed by atoms with Crippen molar-refractivity contribution in [2.24, 2.45) is 0 Å². The molecule has 2 heterocycles. The standard InChI is InChI=1S/C19H12F3N3O2/c20-12-4-11-16(5-10(12)9-3-14(22)15(23)6-13(9)21)25(8-1-2-8)19(26)17-18(11)27-7-24-17/h3-8H,1-2,23H2. The number of nitrogens with zero attached hydrogens (tertiary/aromatic N) is 2. The molecule has 0 atom stereocenters. The highest BCUT2D eigenvalue weighted by atomic mass is 19.1. The molecule has 5 nitrogen and oxygen atoms in total. The first kappa shape index (κ1) is 15.9. The molecule has 2 aromatic carbocycles. The van der Waals surface area contributed by atoms with Crippen LogP contribution in [0.25, 0.3) is 33.1 Å². The Kier molecular flexibility index (Phi) is 3.16. The summed E-state index contributed by atoms with van der Waals surface area (Å²) in [5.41, 5.74) is 4.89. The number of nitrogens with two attached hydrogens (primary N) is 1. The van der Waals surface area contributed by atoms with Crippen molar-refractivity contribution in [2.75, 3.05) is 5.73 Å². The SMILES string of the molecule is Nc1cc(F)c(-c2cc3c(cc2F)c2ocnc2c(=O)n3C2CC2)cc1F. The maximum atomic E-state index is 14.8. The number of halogens is 3. The molecule has 136 valence electrons. The Labute approximate surface area is 149 Å². The van der Waals surface area contributed by atoms with Gasteiger partial charge in [0, 0.05) is 28.6 Å². The maximum Gasteiger partial charge on any atom is 0.281 e. The van der Waals surface area contributed by atoms with E-state index >= 15 is 0 Å². The molecular weight excluding hydrogens is 359 g/mol. The number of rotatable bonds is 2. The van der Waals surface area contributed by atoms with E-state index in [-0.39, 0.29) is 39.5 Å². The third-order valence-electron chi connectivity index (χ3n) is 4.87. The van der Waals surface area contributed by atoms with Gasteiger partial charge in [-0.05, 0) is 31.0 Å². The molecule has 0 spiro atoms. The van der Waals surface area contributed by atoms with Crippen LogP contribution in [0.2, 0.25) is 0 Å². The fraction of sp³-hybridized carbons (Fsp3) is 0.158. The molecule has 0 bridgehead atoms. The molecule has 1 fully saturated rings. The van der Waals surface area contributed by atoms with Crippen molar-refractivity contribution in [1.82, 2.24) is 9.55 Å². The van der Waals surface area contributed by atoms with E-state index < -0.39 is 17.5 Å². The second kappa shape index (κ2) is 5.35. The summed E-state index contributed by atoms with van der Waals surface area (Å²) in [6.45, 7) is 0. The minimum absolute atomic E-state index is 0.0348. The van der Waals surface area contributed by atoms with Crippen molar-refractivity contribution < 1.29 is 17.6 Å². The first-order valence-electron chi connectivity index (χ1n) is 8.31. The zero-order valence-corrected chi connectivity index (χ0v) is 13.8. The van der Waals surface area contributed by atoms with Gasteiger partial charge in [0.25, 0.3) is 5.56 Å². The van der Waals surface area contributed by atoms with E-state index in [1.54, 1.807) is 0 Å². The summed E-state index contributed by atoms with van der Waals surface area (Å²) in [7, 11) is 0.